The first kappa shape index (κ1) is 12.8. The van der Waals surface area contributed by atoms with Crippen molar-refractivity contribution >= 4 is 27.3 Å². The number of aromatic nitrogens is 2. The van der Waals surface area contributed by atoms with E-state index in [1.165, 1.54) is 14.2 Å². The van der Waals surface area contributed by atoms with Gasteiger partial charge >= 0.3 is 0 Å². The SMILES string of the molecule is CCCNC(c1cnn(C)c1)c1ccc(Br)s1. The molecule has 5 heteroatoms. The van der Waals surface area contributed by atoms with Crippen LogP contribution in [-0.4, -0.2) is 16.3 Å². The molecule has 0 aliphatic rings. The molecule has 92 valence electrons. The molecule has 1 atom stereocenters. The van der Waals surface area contributed by atoms with Crippen LogP contribution in [0.2, 0.25) is 0 Å². The summed E-state index contributed by atoms with van der Waals surface area (Å²) in [7, 11) is 1.95. The predicted octanol–water partition coefficient (Wildman–Crippen LogP) is 3.33. The number of nitrogens with zero attached hydrogens (tertiary/aromatic N) is 2. The lowest BCUT2D eigenvalue weighted by Crippen LogP contribution is -2.22. The Labute approximate surface area is 114 Å². The van der Waals surface area contributed by atoms with Gasteiger partial charge in [0.2, 0.25) is 0 Å². The Morgan fingerprint density at radius 3 is 2.88 bits per heavy atom. The van der Waals surface area contributed by atoms with E-state index >= 15 is 0 Å². The smallest absolute Gasteiger partial charge is 0.0702 e. The monoisotopic (exact) mass is 313 g/mol. The molecule has 0 spiro atoms. The summed E-state index contributed by atoms with van der Waals surface area (Å²) in [5, 5.41) is 7.81. The zero-order valence-corrected chi connectivity index (χ0v) is 12.4. The topological polar surface area (TPSA) is 29.9 Å². The molecule has 0 saturated heterocycles. The van der Waals surface area contributed by atoms with Crippen molar-refractivity contribution in [1.29, 1.82) is 0 Å². The maximum atomic E-state index is 4.25. The number of halogens is 1. The molecule has 0 aromatic carbocycles. The van der Waals surface area contributed by atoms with Gasteiger partial charge in [-0.1, -0.05) is 6.92 Å². The molecule has 0 saturated carbocycles. The molecule has 17 heavy (non-hydrogen) atoms. The largest absolute Gasteiger partial charge is 0.306 e. The van der Waals surface area contributed by atoms with Crippen LogP contribution in [0.4, 0.5) is 0 Å². The second-order valence-electron chi connectivity index (χ2n) is 3.98. The van der Waals surface area contributed by atoms with Crippen LogP contribution in [0, 0.1) is 0 Å². The fourth-order valence-electron chi connectivity index (χ4n) is 1.74. The second-order valence-corrected chi connectivity index (χ2v) is 6.47. The van der Waals surface area contributed by atoms with Gasteiger partial charge in [-0.05, 0) is 41.0 Å². The van der Waals surface area contributed by atoms with Gasteiger partial charge in [-0.2, -0.15) is 5.10 Å². The quantitative estimate of drug-likeness (QED) is 0.917. The van der Waals surface area contributed by atoms with Gasteiger partial charge in [0.05, 0.1) is 16.0 Å². The highest BCUT2D eigenvalue weighted by molar-refractivity contribution is 9.11. The Balaban J connectivity index is 2.24. The Hall–Kier alpha value is -0.650. The molecule has 1 unspecified atom stereocenters. The fourth-order valence-corrected chi connectivity index (χ4v) is 3.27. The van der Waals surface area contributed by atoms with Gasteiger partial charge in [0.1, 0.15) is 0 Å². The zero-order chi connectivity index (χ0) is 12.3. The van der Waals surface area contributed by atoms with E-state index in [1.807, 2.05) is 17.9 Å². The normalized spacial score (nSPS) is 12.9. The summed E-state index contributed by atoms with van der Waals surface area (Å²) < 4.78 is 3.01. The second kappa shape index (κ2) is 5.80. The van der Waals surface area contributed by atoms with Crippen LogP contribution in [0.3, 0.4) is 0 Å². The first-order valence-corrected chi connectivity index (χ1v) is 7.29. The molecule has 0 aliphatic heterocycles. The Morgan fingerprint density at radius 1 is 1.53 bits per heavy atom. The number of nitrogens with one attached hydrogen (secondary N) is 1. The summed E-state index contributed by atoms with van der Waals surface area (Å²) in [6, 6.07) is 4.51. The van der Waals surface area contributed by atoms with Crippen LogP contribution >= 0.6 is 27.3 Å². The fraction of sp³-hybridized carbons (Fsp3) is 0.417. The van der Waals surface area contributed by atoms with E-state index in [4.69, 9.17) is 0 Å². The number of aryl methyl sites for hydroxylation is 1. The van der Waals surface area contributed by atoms with E-state index in [1.54, 1.807) is 11.3 Å². The van der Waals surface area contributed by atoms with Crippen molar-refractivity contribution in [1.82, 2.24) is 15.1 Å². The summed E-state index contributed by atoms with van der Waals surface area (Å²) in [6.45, 7) is 3.19. The van der Waals surface area contributed by atoms with Crippen LogP contribution in [0.1, 0.15) is 29.8 Å². The van der Waals surface area contributed by atoms with Crippen LogP contribution in [0.5, 0.6) is 0 Å². The molecular formula is C12H16BrN3S. The van der Waals surface area contributed by atoms with Gasteiger partial charge in [0.25, 0.3) is 0 Å². The minimum atomic E-state index is 0.250. The van der Waals surface area contributed by atoms with Crippen molar-refractivity contribution in [3.63, 3.8) is 0 Å². The van der Waals surface area contributed by atoms with Crippen molar-refractivity contribution in [2.24, 2.45) is 7.05 Å². The van der Waals surface area contributed by atoms with Gasteiger partial charge in [-0.15, -0.1) is 11.3 Å². The highest BCUT2D eigenvalue weighted by atomic mass is 79.9. The molecule has 0 fully saturated rings. The van der Waals surface area contributed by atoms with E-state index in [2.05, 4.69) is 51.6 Å². The molecule has 1 N–H and O–H groups in total. The van der Waals surface area contributed by atoms with E-state index < -0.39 is 0 Å². The van der Waals surface area contributed by atoms with E-state index in [0.29, 0.717) is 0 Å². The molecule has 0 radical (unpaired) electrons. The Bertz CT molecular complexity index is 437. The third-order valence-corrected chi connectivity index (χ3v) is 4.22. The molecule has 3 nitrogen and oxygen atoms in total. The van der Waals surface area contributed by atoms with Crippen molar-refractivity contribution in [2.75, 3.05) is 6.54 Å². The molecule has 2 aromatic heterocycles. The number of hydrogen-bond donors (Lipinski definition) is 1. The van der Waals surface area contributed by atoms with Crippen LogP contribution in [-0.2, 0) is 7.05 Å². The van der Waals surface area contributed by atoms with Crippen LogP contribution in [0.15, 0.2) is 28.3 Å². The molecule has 0 bridgehead atoms. The lowest BCUT2D eigenvalue weighted by atomic mass is 10.1. The van der Waals surface area contributed by atoms with Crippen LogP contribution < -0.4 is 5.32 Å². The highest BCUT2D eigenvalue weighted by Gasteiger charge is 2.16. The van der Waals surface area contributed by atoms with E-state index in [0.717, 1.165) is 13.0 Å². The summed E-state index contributed by atoms with van der Waals surface area (Å²) in [6.07, 6.45) is 5.13. The highest BCUT2D eigenvalue weighted by Crippen LogP contribution is 2.31. The van der Waals surface area contributed by atoms with Crippen molar-refractivity contribution in [3.05, 3.63) is 38.8 Å². The van der Waals surface area contributed by atoms with Gasteiger partial charge in [0.15, 0.2) is 0 Å². The average Bonchev–Trinajstić information content (AvgIpc) is 2.89. The van der Waals surface area contributed by atoms with Crippen LogP contribution in [0.25, 0.3) is 0 Å². The number of thiophene rings is 1. The van der Waals surface area contributed by atoms with Gasteiger partial charge in [0, 0.05) is 23.7 Å². The molecular weight excluding hydrogens is 298 g/mol. The molecule has 2 aromatic rings. The maximum Gasteiger partial charge on any atom is 0.0702 e. The summed E-state index contributed by atoms with van der Waals surface area (Å²) >= 11 is 5.28. The first-order chi connectivity index (χ1) is 8.20. The zero-order valence-electron chi connectivity index (χ0n) is 9.98. The minimum absolute atomic E-state index is 0.250. The third kappa shape index (κ3) is 3.18. The Morgan fingerprint density at radius 2 is 2.35 bits per heavy atom. The van der Waals surface area contributed by atoms with Crippen molar-refractivity contribution < 1.29 is 0 Å². The maximum absolute atomic E-state index is 4.25. The number of hydrogen-bond acceptors (Lipinski definition) is 3. The standard InChI is InChI=1S/C12H16BrN3S/c1-3-6-14-12(9-7-15-16(2)8-9)10-4-5-11(13)17-10/h4-5,7-8,12,14H,3,6H2,1-2H3. The van der Waals surface area contributed by atoms with Gasteiger partial charge in [-0.25, -0.2) is 0 Å². The van der Waals surface area contributed by atoms with Gasteiger partial charge < -0.3 is 5.32 Å². The summed E-state index contributed by atoms with van der Waals surface area (Å²) in [4.78, 5) is 1.32. The first-order valence-electron chi connectivity index (χ1n) is 5.68. The third-order valence-electron chi connectivity index (χ3n) is 2.54. The van der Waals surface area contributed by atoms with Crippen molar-refractivity contribution in [3.8, 4) is 0 Å². The average molecular weight is 314 g/mol. The lowest BCUT2D eigenvalue weighted by molar-refractivity contribution is 0.605. The van der Waals surface area contributed by atoms with E-state index in [-0.39, 0.29) is 6.04 Å². The summed E-state index contributed by atoms with van der Waals surface area (Å²) in [5.74, 6) is 0. The predicted molar refractivity (Wildman–Crippen MR) is 75.4 cm³/mol. The van der Waals surface area contributed by atoms with E-state index in [9.17, 15) is 0 Å². The number of rotatable bonds is 5. The molecule has 2 heterocycles. The lowest BCUT2D eigenvalue weighted by Gasteiger charge is -2.15. The Kier molecular flexibility index (Phi) is 4.36. The molecule has 0 amide bonds. The van der Waals surface area contributed by atoms with Crippen molar-refractivity contribution in [2.45, 2.75) is 19.4 Å². The minimum Gasteiger partial charge on any atom is -0.306 e. The molecule has 0 aliphatic carbocycles. The summed E-state index contributed by atoms with van der Waals surface area (Å²) in [5.41, 5.74) is 1.22. The molecule has 2 rings (SSSR count). The van der Waals surface area contributed by atoms with Gasteiger partial charge in [-0.3, -0.25) is 4.68 Å².